The second-order valence-corrected chi connectivity index (χ2v) is 4.79. The number of halogens is 1. The smallest absolute Gasteiger partial charge is 0.255 e. The molecule has 110 valence electrons. The Bertz CT molecular complexity index is 643. The minimum Gasteiger partial charge on any atom is -0.493 e. The fourth-order valence-corrected chi connectivity index (χ4v) is 2.20. The van der Waals surface area contributed by atoms with Crippen LogP contribution in [0.1, 0.15) is 15.9 Å². The van der Waals surface area contributed by atoms with E-state index in [9.17, 15) is 4.79 Å². The average molecular weight is 306 g/mol. The predicted octanol–water partition coefficient (Wildman–Crippen LogP) is 3.29. The monoisotopic (exact) mass is 305 g/mol. The van der Waals surface area contributed by atoms with Crippen LogP contribution in [0.4, 0.5) is 0 Å². The van der Waals surface area contributed by atoms with Crippen molar-refractivity contribution in [3.05, 3.63) is 58.6 Å². The zero-order valence-corrected chi connectivity index (χ0v) is 12.6. The van der Waals surface area contributed by atoms with Crippen molar-refractivity contribution in [1.82, 2.24) is 5.32 Å². The molecule has 2 aromatic carbocycles. The van der Waals surface area contributed by atoms with Crippen molar-refractivity contribution in [2.24, 2.45) is 0 Å². The maximum atomic E-state index is 12.3. The van der Waals surface area contributed by atoms with Crippen molar-refractivity contribution in [2.45, 2.75) is 6.54 Å². The lowest BCUT2D eigenvalue weighted by atomic mass is 10.1. The van der Waals surface area contributed by atoms with Crippen LogP contribution in [-0.2, 0) is 6.54 Å². The fourth-order valence-electron chi connectivity index (χ4n) is 1.99. The van der Waals surface area contributed by atoms with Crippen LogP contribution in [0.15, 0.2) is 42.5 Å². The first kappa shape index (κ1) is 15.2. The first-order chi connectivity index (χ1) is 10.2. The molecule has 0 saturated carbocycles. The quantitative estimate of drug-likeness (QED) is 0.922. The molecule has 1 amide bonds. The van der Waals surface area contributed by atoms with Crippen LogP contribution >= 0.6 is 11.6 Å². The van der Waals surface area contributed by atoms with Crippen LogP contribution in [0, 0.1) is 0 Å². The standard InChI is InChI=1S/C16H16ClNO3/c1-20-14-8-4-7-13(15(14)21-2)16(19)18-10-11-5-3-6-12(17)9-11/h3-9H,10H2,1-2H3,(H,18,19). The van der Waals surface area contributed by atoms with Gasteiger partial charge >= 0.3 is 0 Å². The highest BCUT2D eigenvalue weighted by Gasteiger charge is 2.15. The van der Waals surface area contributed by atoms with Crippen LogP contribution in [0.25, 0.3) is 0 Å². The highest BCUT2D eigenvalue weighted by atomic mass is 35.5. The van der Waals surface area contributed by atoms with Crippen LogP contribution in [-0.4, -0.2) is 20.1 Å². The maximum Gasteiger partial charge on any atom is 0.255 e. The lowest BCUT2D eigenvalue weighted by Crippen LogP contribution is -2.23. The molecule has 0 spiro atoms. The Balaban J connectivity index is 2.14. The SMILES string of the molecule is COc1cccc(C(=O)NCc2cccc(Cl)c2)c1OC. The molecule has 0 fully saturated rings. The van der Waals surface area contributed by atoms with Crippen LogP contribution in [0.5, 0.6) is 11.5 Å². The molecule has 0 radical (unpaired) electrons. The van der Waals surface area contributed by atoms with Gasteiger partial charge in [-0.05, 0) is 29.8 Å². The third kappa shape index (κ3) is 3.67. The van der Waals surface area contributed by atoms with Crippen LogP contribution in [0.3, 0.4) is 0 Å². The lowest BCUT2D eigenvalue weighted by molar-refractivity contribution is 0.0947. The predicted molar refractivity (Wildman–Crippen MR) is 82.2 cm³/mol. The average Bonchev–Trinajstić information content (AvgIpc) is 2.51. The van der Waals surface area contributed by atoms with Crippen molar-refractivity contribution in [3.8, 4) is 11.5 Å². The summed E-state index contributed by atoms with van der Waals surface area (Å²) in [6.07, 6.45) is 0. The Morgan fingerprint density at radius 3 is 2.57 bits per heavy atom. The fraction of sp³-hybridized carbons (Fsp3) is 0.188. The van der Waals surface area contributed by atoms with Gasteiger partial charge in [-0.2, -0.15) is 0 Å². The lowest BCUT2D eigenvalue weighted by Gasteiger charge is -2.12. The summed E-state index contributed by atoms with van der Waals surface area (Å²) >= 11 is 5.92. The Morgan fingerprint density at radius 2 is 1.90 bits per heavy atom. The third-order valence-corrected chi connectivity index (χ3v) is 3.22. The Hall–Kier alpha value is -2.20. The van der Waals surface area contributed by atoms with E-state index in [4.69, 9.17) is 21.1 Å². The van der Waals surface area contributed by atoms with E-state index in [-0.39, 0.29) is 5.91 Å². The largest absolute Gasteiger partial charge is 0.493 e. The zero-order valence-electron chi connectivity index (χ0n) is 11.9. The molecule has 0 unspecified atom stereocenters. The first-order valence-corrected chi connectivity index (χ1v) is 6.77. The van der Waals surface area contributed by atoms with E-state index < -0.39 is 0 Å². The van der Waals surface area contributed by atoms with Gasteiger partial charge in [0.05, 0.1) is 19.8 Å². The highest BCUT2D eigenvalue weighted by Crippen LogP contribution is 2.30. The second kappa shape index (κ2) is 6.99. The minimum atomic E-state index is -0.231. The zero-order chi connectivity index (χ0) is 15.2. The van der Waals surface area contributed by atoms with Gasteiger partial charge in [-0.25, -0.2) is 0 Å². The molecule has 4 nitrogen and oxygen atoms in total. The van der Waals surface area contributed by atoms with E-state index >= 15 is 0 Å². The number of rotatable bonds is 5. The minimum absolute atomic E-state index is 0.231. The molecule has 0 atom stereocenters. The summed E-state index contributed by atoms with van der Waals surface area (Å²) in [5.74, 6) is 0.710. The molecule has 0 aliphatic rings. The Kier molecular flexibility index (Phi) is 5.06. The molecule has 5 heteroatoms. The normalized spacial score (nSPS) is 10.0. The van der Waals surface area contributed by atoms with Crippen LogP contribution in [0.2, 0.25) is 5.02 Å². The van der Waals surface area contributed by atoms with E-state index in [2.05, 4.69) is 5.32 Å². The van der Waals surface area contributed by atoms with Gasteiger partial charge in [-0.15, -0.1) is 0 Å². The van der Waals surface area contributed by atoms with E-state index in [0.29, 0.717) is 28.6 Å². The van der Waals surface area contributed by atoms with Gasteiger partial charge in [-0.3, -0.25) is 4.79 Å². The number of nitrogens with one attached hydrogen (secondary N) is 1. The van der Waals surface area contributed by atoms with Gasteiger partial charge in [0.1, 0.15) is 0 Å². The van der Waals surface area contributed by atoms with E-state index in [1.54, 1.807) is 24.3 Å². The molecule has 0 bridgehead atoms. The molecule has 2 rings (SSSR count). The summed E-state index contributed by atoms with van der Waals surface area (Å²) in [5.41, 5.74) is 1.36. The van der Waals surface area contributed by atoms with E-state index in [1.807, 2.05) is 18.2 Å². The summed E-state index contributed by atoms with van der Waals surface area (Å²) < 4.78 is 10.4. The van der Waals surface area contributed by atoms with Crippen LogP contribution < -0.4 is 14.8 Å². The first-order valence-electron chi connectivity index (χ1n) is 6.39. The van der Waals surface area contributed by atoms with Crippen molar-refractivity contribution in [1.29, 1.82) is 0 Å². The summed E-state index contributed by atoms with van der Waals surface area (Å²) in [7, 11) is 3.04. The summed E-state index contributed by atoms with van der Waals surface area (Å²) in [5, 5.41) is 3.47. The van der Waals surface area contributed by atoms with Gasteiger partial charge < -0.3 is 14.8 Å². The summed E-state index contributed by atoms with van der Waals surface area (Å²) in [6.45, 7) is 0.389. The van der Waals surface area contributed by atoms with Crippen molar-refractivity contribution >= 4 is 17.5 Å². The number of carbonyl (C=O) groups excluding carboxylic acids is 1. The van der Waals surface area contributed by atoms with Crippen molar-refractivity contribution in [2.75, 3.05) is 14.2 Å². The van der Waals surface area contributed by atoms with E-state index in [1.165, 1.54) is 14.2 Å². The van der Waals surface area contributed by atoms with E-state index in [0.717, 1.165) is 5.56 Å². The topological polar surface area (TPSA) is 47.6 Å². The van der Waals surface area contributed by atoms with Gasteiger partial charge in [0.15, 0.2) is 11.5 Å². The number of hydrogen-bond donors (Lipinski definition) is 1. The van der Waals surface area contributed by atoms with Gasteiger partial charge in [0.2, 0.25) is 0 Å². The molecule has 1 N–H and O–H groups in total. The second-order valence-electron chi connectivity index (χ2n) is 4.35. The molecule has 21 heavy (non-hydrogen) atoms. The third-order valence-electron chi connectivity index (χ3n) is 2.99. The molecular formula is C16H16ClNO3. The number of para-hydroxylation sites is 1. The van der Waals surface area contributed by atoms with Gasteiger partial charge in [0, 0.05) is 11.6 Å². The number of hydrogen-bond acceptors (Lipinski definition) is 3. The maximum absolute atomic E-state index is 12.3. The van der Waals surface area contributed by atoms with Gasteiger partial charge in [-0.1, -0.05) is 29.8 Å². The Labute approximate surface area is 128 Å². The molecule has 0 saturated heterocycles. The number of ether oxygens (including phenoxy) is 2. The Morgan fingerprint density at radius 1 is 1.14 bits per heavy atom. The highest BCUT2D eigenvalue weighted by molar-refractivity contribution is 6.30. The van der Waals surface area contributed by atoms with Crippen molar-refractivity contribution in [3.63, 3.8) is 0 Å². The summed E-state index contributed by atoms with van der Waals surface area (Å²) in [6, 6.07) is 12.5. The molecule has 0 aromatic heterocycles. The number of methoxy groups -OCH3 is 2. The molecular weight excluding hydrogens is 290 g/mol. The van der Waals surface area contributed by atoms with Crippen molar-refractivity contribution < 1.29 is 14.3 Å². The van der Waals surface area contributed by atoms with Gasteiger partial charge in [0.25, 0.3) is 5.91 Å². The number of carbonyl (C=O) groups is 1. The molecule has 2 aromatic rings. The molecule has 0 aliphatic carbocycles. The number of benzene rings is 2. The molecule has 0 heterocycles. The number of amides is 1. The summed E-state index contributed by atoms with van der Waals surface area (Å²) in [4.78, 5) is 12.3. The molecule has 0 aliphatic heterocycles.